The number of rotatable bonds is 1. The van der Waals surface area contributed by atoms with Gasteiger partial charge in [-0.3, -0.25) is 9.89 Å². The third-order valence-corrected chi connectivity index (χ3v) is 3.95. The number of nitrogens with zero attached hydrogens (tertiary/aromatic N) is 3. The van der Waals surface area contributed by atoms with Gasteiger partial charge in [0, 0.05) is 12.8 Å². The quantitative estimate of drug-likeness (QED) is 0.574. The van der Waals surface area contributed by atoms with Gasteiger partial charge in [-0.15, -0.1) is 0 Å². The van der Waals surface area contributed by atoms with Crippen LogP contribution in [0.25, 0.3) is 0 Å². The van der Waals surface area contributed by atoms with Gasteiger partial charge in [-0.2, -0.15) is 0 Å². The summed E-state index contributed by atoms with van der Waals surface area (Å²) in [5.41, 5.74) is 5.60. The van der Waals surface area contributed by atoms with E-state index in [2.05, 4.69) is 9.98 Å². The molecule has 2 N–H and O–H groups in total. The number of amidine groups is 1. The van der Waals surface area contributed by atoms with Gasteiger partial charge in [0.2, 0.25) is 0 Å². The minimum atomic E-state index is -3.05. The Kier molecular flexibility index (Phi) is 1.99. The van der Waals surface area contributed by atoms with Crippen molar-refractivity contribution < 1.29 is 8.42 Å². The summed E-state index contributed by atoms with van der Waals surface area (Å²) in [7, 11) is -3.05. The van der Waals surface area contributed by atoms with Crippen molar-refractivity contribution in [1.82, 2.24) is 4.90 Å². The monoisotopic (exact) mass is 216 g/mol. The second kappa shape index (κ2) is 2.94. The maximum Gasteiger partial charge on any atom is 0.197 e. The number of hydrogen-bond acceptors (Lipinski definition) is 6. The van der Waals surface area contributed by atoms with E-state index in [0.717, 1.165) is 5.84 Å². The molecular formula is C7H12N4O2S. The molecular weight excluding hydrogens is 204 g/mol. The molecule has 78 valence electrons. The molecule has 0 radical (unpaired) electrons. The van der Waals surface area contributed by atoms with Crippen molar-refractivity contribution in [3.8, 4) is 0 Å². The van der Waals surface area contributed by atoms with Crippen molar-refractivity contribution >= 4 is 21.6 Å². The van der Waals surface area contributed by atoms with Gasteiger partial charge in [-0.05, 0) is 0 Å². The van der Waals surface area contributed by atoms with E-state index in [1.54, 1.807) is 4.90 Å². The molecule has 2 aliphatic rings. The molecule has 0 aromatic rings. The first-order valence-corrected chi connectivity index (χ1v) is 6.23. The van der Waals surface area contributed by atoms with E-state index < -0.39 is 15.1 Å². The van der Waals surface area contributed by atoms with Gasteiger partial charge in [-0.1, -0.05) is 0 Å². The lowest BCUT2D eigenvalue weighted by atomic mass is 10.3. The summed E-state index contributed by atoms with van der Waals surface area (Å²) in [5, 5.41) is -0.460. The van der Waals surface area contributed by atoms with Gasteiger partial charge in [0.25, 0.3) is 0 Å². The SMILES string of the molecule is CS(=O)(=O)C1CN=C2CN=C(N)N2C1. The summed E-state index contributed by atoms with van der Waals surface area (Å²) in [6.07, 6.45) is 1.22. The van der Waals surface area contributed by atoms with E-state index in [9.17, 15) is 8.42 Å². The first-order chi connectivity index (χ1) is 6.48. The van der Waals surface area contributed by atoms with Crippen molar-refractivity contribution in [3.05, 3.63) is 0 Å². The number of hydrogen-bond donors (Lipinski definition) is 1. The first kappa shape index (κ1) is 9.45. The molecule has 0 fully saturated rings. The van der Waals surface area contributed by atoms with Crippen LogP contribution in [0, 0.1) is 0 Å². The second-order valence-electron chi connectivity index (χ2n) is 3.49. The molecule has 14 heavy (non-hydrogen) atoms. The van der Waals surface area contributed by atoms with Crippen molar-refractivity contribution in [1.29, 1.82) is 0 Å². The second-order valence-corrected chi connectivity index (χ2v) is 5.82. The Bertz CT molecular complexity index is 411. The molecule has 2 heterocycles. The first-order valence-electron chi connectivity index (χ1n) is 4.28. The molecule has 0 amide bonds. The van der Waals surface area contributed by atoms with Crippen LogP contribution in [0.15, 0.2) is 9.98 Å². The summed E-state index contributed by atoms with van der Waals surface area (Å²) >= 11 is 0. The lowest BCUT2D eigenvalue weighted by Crippen LogP contribution is -2.48. The maximum absolute atomic E-state index is 11.3. The molecule has 0 bridgehead atoms. The highest BCUT2D eigenvalue weighted by atomic mass is 32.2. The van der Waals surface area contributed by atoms with Crippen LogP contribution in [-0.2, 0) is 9.84 Å². The molecule has 7 heteroatoms. The summed E-state index contributed by atoms with van der Waals surface area (Å²) in [6, 6.07) is 0. The minimum Gasteiger partial charge on any atom is -0.369 e. The molecule has 1 atom stereocenters. The molecule has 1 unspecified atom stereocenters. The molecule has 0 aromatic carbocycles. The Morgan fingerprint density at radius 2 is 2.21 bits per heavy atom. The predicted octanol–water partition coefficient (Wildman–Crippen LogP) is -1.56. The Morgan fingerprint density at radius 1 is 1.50 bits per heavy atom. The summed E-state index contributed by atoms with van der Waals surface area (Å²) < 4.78 is 22.6. The highest BCUT2D eigenvalue weighted by Crippen LogP contribution is 2.13. The lowest BCUT2D eigenvalue weighted by Gasteiger charge is -2.27. The number of guanidine groups is 1. The van der Waals surface area contributed by atoms with Crippen LogP contribution >= 0.6 is 0 Å². The van der Waals surface area contributed by atoms with Gasteiger partial charge < -0.3 is 5.73 Å². The number of nitrogens with two attached hydrogens (primary N) is 1. The van der Waals surface area contributed by atoms with Crippen LogP contribution in [0.3, 0.4) is 0 Å². The Balaban J connectivity index is 2.24. The average molecular weight is 216 g/mol. The number of fused-ring (bicyclic) bond motifs is 1. The smallest absolute Gasteiger partial charge is 0.197 e. The van der Waals surface area contributed by atoms with E-state index in [1.165, 1.54) is 6.26 Å². The summed E-state index contributed by atoms with van der Waals surface area (Å²) in [4.78, 5) is 9.83. The summed E-state index contributed by atoms with van der Waals surface area (Å²) in [5.74, 6) is 1.15. The van der Waals surface area contributed by atoms with E-state index in [4.69, 9.17) is 5.73 Å². The van der Waals surface area contributed by atoms with Crippen molar-refractivity contribution in [2.75, 3.05) is 25.9 Å². The van der Waals surface area contributed by atoms with Crippen LogP contribution in [0.2, 0.25) is 0 Å². The molecule has 2 rings (SSSR count). The third kappa shape index (κ3) is 1.47. The zero-order chi connectivity index (χ0) is 10.3. The van der Waals surface area contributed by atoms with Crippen LogP contribution in [0.5, 0.6) is 0 Å². The molecule has 2 aliphatic heterocycles. The molecule has 6 nitrogen and oxygen atoms in total. The fourth-order valence-electron chi connectivity index (χ4n) is 1.53. The normalized spacial score (nSPS) is 26.9. The standard InChI is InChI=1S/C7H12N4O2S/c1-14(12,13)5-2-9-6-3-10-7(8)11(6)4-5/h5H,2-4H2,1H3,(H2,8,10). The fourth-order valence-corrected chi connectivity index (χ4v) is 2.29. The van der Waals surface area contributed by atoms with Gasteiger partial charge in [-0.25, -0.2) is 13.4 Å². The Hall–Kier alpha value is -1.11. The zero-order valence-electron chi connectivity index (χ0n) is 7.84. The molecule has 0 aromatic heterocycles. The van der Waals surface area contributed by atoms with Crippen molar-refractivity contribution in [2.45, 2.75) is 5.25 Å². The fraction of sp³-hybridized carbons (Fsp3) is 0.714. The Morgan fingerprint density at radius 3 is 2.86 bits per heavy atom. The maximum atomic E-state index is 11.3. The van der Waals surface area contributed by atoms with E-state index in [-0.39, 0.29) is 0 Å². The van der Waals surface area contributed by atoms with E-state index in [1.807, 2.05) is 0 Å². The molecule has 0 aliphatic carbocycles. The lowest BCUT2D eigenvalue weighted by molar-refractivity contribution is 0.524. The van der Waals surface area contributed by atoms with Gasteiger partial charge in [0.15, 0.2) is 15.8 Å². The number of sulfone groups is 1. The molecule has 0 spiro atoms. The van der Waals surface area contributed by atoms with Crippen LogP contribution in [0.1, 0.15) is 0 Å². The van der Waals surface area contributed by atoms with Crippen molar-refractivity contribution in [2.24, 2.45) is 15.7 Å². The van der Waals surface area contributed by atoms with E-state index >= 15 is 0 Å². The topological polar surface area (TPSA) is 88.1 Å². The van der Waals surface area contributed by atoms with Gasteiger partial charge >= 0.3 is 0 Å². The van der Waals surface area contributed by atoms with Crippen LogP contribution in [-0.4, -0.2) is 56.3 Å². The average Bonchev–Trinajstić information content (AvgIpc) is 2.46. The summed E-state index contributed by atoms with van der Waals surface area (Å²) in [6.45, 7) is 1.18. The predicted molar refractivity (Wildman–Crippen MR) is 54.1 cm³/mol. The number of aliphatic imine (C=N–C) groups is 2. The third-order valence-electron chi connectivity index (χ3n) is 2.44. The Labute approximate surface area is 82.4 Å². The molecule has 0 saturated heterocycles. The highest BCUT2D eigenvalue weighted by Gasteiger charge is 2.33. The van der Waals surface area contributed by atoms with Crippen LogP contribution in [0.4, 0.5) is 0 Å². The molecule has 0 saturated carbocycles. The van der Waals surface area contributed by atoms with Gasteiger partial charge in [0.05, 0.1) is 11.8 Å². The minimum absolute atomic E-state index is 0.327. The van der Waals surface area contributed by atoms with E-state index in [0.29, 0.717) is 25.6 Å². The largest absolute Gasteiger partial charge is 0.369 e. The highest BCUT2D eigenvalue weighted by molar-refractivity contribution is 7.91. The van der Waals surface area contributed by atoms with Gasteiger partial charge in [0.1, 0.15) is 12.4 Å². The van der Waals surface area contributed by atoms with Crippen LogP contribution < -0.4 is 5.73 Å². The van der Waals surface area contributed by atoms with Crippen molar-refractivity contribution in [3.63, 3.8) is 0 Å². The zero-order valence-corrected chi connectivity index (χ0v) is 8.66.